The third kappa shape index (κ3) is 3.49. The van der Waals surface area contributed by atoms with E-state index in [0.29, 0.717) is 25.3 Å². The molecule has 0 fully saturated rings. The van der Waals surface area contributed by atoms with Gasteiger partial charge in [0.15, 0.2) is 5.78 Å². The molecule has 6 heteroatoms. The fourth-order valence-corrected chi connectivity index (χ4v) is 4.24. The number of pyridine rings is 1. The van der Waals surface area contributed by atoms with Crippen LogP contribution in [-0.4, -0.2) is 23.3 Å². The smallest absolute Gasteiger partial charge is 0.233 e. The monoisotopic (exact) mass is 440 g/mol. The standard InChI is InChI=1S/C22H21BrN2O3/c1-2-28-16-9-6-14(7-10-16)17-12-21(27)25(20-11-8-15(23)13-24-20)18-4-3-5-19(26)22(17)18/h6-11,13,17H,2-5,12H2,1H3. The van der Waals surface area contributed by atoms with Gasteiger partial charge in [0, 0.05) is 40.7 Å². The van der Waals surface area contributed by atoms with Gasteiger partial charge in [0.1, 0.15) is 11.6 Å². The van der Waals surface area contributed by atoms with Crippen LogP contribution in [-0.2, 0) is 9.59 Å². The van der Waals surface area contributed by atoms with Crippen molar-refractivity contribution in [3.8, 4) is 5.75 Å². The summed E-state index contributed by atoms with van der Waals surface area (Å²) in [6.45, 7) is 2.54. The first kappa shape index (κ1) is 18.9. The summed E-state index contributed by atoms with van der Waals surface area (Å²) in [5.74, 6) is 1.26. The van der Waals surface area contributed by atoms with Crippen LogP contribution in [0.2, 0.25) is 0 Å². The van der Waals surface area contributed by atoms with E-state index < -0.39 is 0 Å². The van der Waals surface area contributed by atoms with Crippen molar-refractivity contribution in [1.82, 2.24) is 4.98 Å². The fourth-order valence-electron chi connectivity index (χ4n) is 4.01. The van der Waals surface area contributed by atoms with Gasteiger partial charge in [-0.05, 0) is 65.5 Å². The summed E-state index contributed by atoms with van der Waals surface area (Å²) in [6.07, 6.45) is 3.93. The Kier molecular flexibility index (Phi) is 5.31. The van der Waals surface area contributed by atoms with E-state index in [1.165, 1.54) is 0 Å². The highest BCUT2D eigenvalue weighted by Crippen LogP contribution is 2.43. The summed E-state index contributed by atoms with van der Waals surface area (Å²) < 4.78 is 6.36. The number of benzene rings is 1. The quantitative estimate of drug-likeness (QED) is 0.686. The molecule has 1 amide bonds. The zero-order chi connectivity index (χ0) is 19.7. The van der Waals surface area contributed by atoms with Crippen molar-refractivity contribution in [2.45, 2.75) is 38.5 Å². The molecule has 1 aromatic carbocycles. The Hall–Kier alpha value is -2.47. The minimum atomic E-state index is -0.210. The molecule has 28 heavy (non-hydrogen) atoms. The predicted octanol–water partition coefficient (Wildman–Crippen LogP) is 4.77. The van der Waals surface area contributed by atoms with Crippen molar-refractivity contribution in [3.63, 3.8) is 0 Å². The summed E-state index contributed by atoms with van der Waals surface area (Å²) in [6, 6.07) is 11.4. The molecule has 5 nitrogen and oxygen atoms in total. The fraction of sp³-hybridized carbons (Fsp3) is 0.318. The molecular formula is C22H21BrN2O3. The van der Waals surface area contributed by atoms with Crippen LogP contribution in [0.1, 0.15) is 44.1 Å². The van der Waals surface area contributed by atoms with Gasteiger partial charge < -0.3 is 4.74 Å². The average molecular weight is 441 g/mol. The van der Waals surface area contributed by atoms with Crippen molar-refractivity contribution >= 4 is 33.4 Å². The predicted molar refractivity (Wildman–Crippen MR) is 110 cm³/mol. The lowest BCUT2D eigenvalue weighted by molar-refractivity contribution is -0.120. The second kappa shape index (κ2) is 7.87. The van der Waals surface area contributed by atoms with Crippen molar-refractivity contribution < 1.29 is 14.3 Å². The maximum absolute atomic E-state index is 13.1. The zero-order valence-corrected chi connectivity index (χ0v) is 17.2. The van der Waals surface area contributed by atoms with Crippen molar-refractivity contribution in [2.24, 2.45) is 0 Å². The second-order valence-corrected chi connectivity index (χ2v) is 7.88. The van der Waals surface area contributed by atoms with Crippen molar-refractivity contribution in [1.29, 1.82) is 0 Å². The van der Waals surface area contributed by atoms with Gasteiger partial charge in [-0.3, -0.25) is 14.5 Å². The lowest BCUT2D eigenvalue weighted by Crippen LogP contribution is -2.41. The van der Waals surface area contributed by atoms with Crippen LogP contribution in [0.25, 0.3) is 0 Å². The van der Waals surface area contributed by atoms with E-state index in [1.54, 1.807) is 11.1 Å². The van der Waals surface area contributed by atoms with E-state index in [9.17, 15) is 9.59 Å². The second-order valence-electron chi connectivity index (χ2n) is 6.96. The van der Waals surface area contributed by atoms with Crippen molar-refractivity contribution in [3.05, 3.63) is 63.9 Å². The molecular weight excluding hydrogens is 420 g/mol. The first-order chi connectivity index (χ1) is 13.6. The number of rotatable bonds is 4. The number of nitrogens with zero attached hydrogens (tertiary/aromatic N) is 2. The SMILES string of the molecule is CCOc1ccc(C2CC(=O)N(c3ccc(Br)cn3)C3=C2C(=O)CCC3)cc1. The lowest BCUT2D eigenvalue weighted by Gasteiger charge is -2.37. The van der Waals surface area contributed by atoms with E-state index in [2.05, 4.69) is 20.9 Å². The molecule has 2 aromatic rings. The lowest BCUT2D eigenvalue weighted by atomic mass is 9.77. The number of halogens is 1. The number of hydrogen-bond acceptors (Lipinski definition) is 4. The summed E-state index contributed by atoms with van der Waals surface area (Å²) in [5.41, 5.74) is 2.55. The van der Waals surface area contributed by atoms with Gasteiger partial charge in [0.2, 0.25) is 5.91 Å². The molecule has 0 radical (unpaired) electrons. The van der Waals surface area contributed by atoms with E-state index in [0.717, 1.165) is 33.5 Å². The third-order valence-electron chi connectivity index (χ3n) is 5.21. The molecule has 4 rings (SSSR count). The van der Waals surface area contributed by atoms with Gasteiger partial charge >= 0.3 is 0 Å². The van der Waals surface area contributed by atoms with Gasteiger partial charge in [-0.15, -0.1) is 0 Å². The van der Waals surface area contributed by atoms with E-state index in [-0.39, 0.29) is 24.0 Å². The molecule has 0 bridgehead atoms. The molecule has 1 aromatic heterocycles. The number of carbonyl (C=O) groups is 2. The van der Waals surface area contributed by atoms with Crippen LogP contribution in [0.4, 0.5) is 5.82 Å². The number of ketones is 1. The minimum absolute atomic E-state index is 0.0258. The van der Waals surface area contributed by atoms with Crippen LogP contribution >= 0.6 is 15.9 Å². The molecule has 0 N–H and O–H groups in total. The maximum atomic E-state index is 13.1. The Morgan fingerprint density at radius 3 is 2.61 bits per heavy atom. The molecule has 144 valence electrons. The average Bonchev–Trinajstić information content (AvgIpc) is 2.69. The molecule has 0 spiro atoms. The Morgan fingerprint density at radius 1 is 1.14 bits per heavy atom. The van der Waals surface area contributed by atoms with Crippen molar-refractivity contribution in [2.75, 3.05) is 11.5 Å². The topological polar surface area (TPSA) is 59.5 Å². The number of allylic oxidation sites excluding steroid dienone is 2. The number of hydrogen-bond donors (Lipinski definition) is 0. The highest BCUT2D eigenvalue weighted by atomic mass is 79.9. The Morgan fingerprint density at radius 2 is 1.93 bits per heavy atom. The summed E-state index contributed by atoms with van der Waals surface area (Å²) in [5, 5.41) is 0. The first-order valence-electron chi connectivity index (χ1n) is 9.52. The molecule has 1 aliphatic heterocycles. The van der Waals surface area contributed by atoms with Gasteiger partial charge in [0.05, 0.1) is 6.61 Å². The number of carbonyl (C=O) groups excluding carboxylic acids is 2. The van der Waals surface area contributed by atoms with E-state index >= 15 is 0 Å². The number of Topliss-reactive ketones (excluding diaryl/α,β-unsaturated/α-hetero) is 1. The third-order valence-corrected chi connectivity index (χ3v) is 5.68. The van der Waals surface area contributed by atoms with Crippen LogP contribution in [0.15, 0.2) is 58.3 Å². The maximum Gasteiger partial charge on any atom is 0.233 e. The molecule has 2 heterocycles. The highest BCUT2D eigenvalue weighted by molar-refractivity contribution is 9.10. The van der Waals surface area contributed by atoms with Crippen LogP contribution in [0.3, 0.4) is 0 Å². The normalized spacial score (nSPS) is 19.6. The summed E-state index contributed by atoms with van der Waals surface area (Å²) >= 11 is 3.38. The molecule has 2 aliphatic rings. The Balaban J connectivity index is 1.77. The summed E-state index contributed by atoms with van der Waals surface area (Å²) in [4.78, 5) is 32.0. The van der Waals surface area contributed by atoms with Crippen LogP contribution in [0.5, 0.6) is 5.75 Å². The van der Waals surface area contributed by atoms with Gasteiger partial charge in [-0.25, -0.2) is 4.98 Å². The minimum Gasteiger partial charge on any atom is -0.494 e. The summed E-state index contributed by atoms with van der Waals surface area (Å²) in [7, 11) is 0. The molecule has 1 atom stereocenters. The Bertz CT molecular complexity index is 935. The number of anilines is 1. The largest absolute Gasteiger partial charge is 0.494 e. The number of amides is 1. The molecule has 0 saturated carbocycles. The van der Waals surface area contributed by atoms with Crippen LogP contribution < -0.4 is 9.64 Å². The first-order valence-corrected chi connectivity index (χ1v) is 10.3. The van der Waals surface area contributed by atoms with Gasteiger partial charge in [-0.1, -0.05) is 12.1 Å². The highest BCUT2D eigenvalue weighted by Gasteiger charge is 2.40. The van der Waals surface area contributed by atoms with Gasteiger partial charge in [-0.2, -0.15) is 0 Å². The van der Waals surface area contributed by atoms with Crippen LogP contribution in [0, 0.1) is 0 Å². The molecule has 0 saturated heterocycles. The zero-order valence-electron chi connectivity index (χ0n) is 15.7. The number of aromatic nitrogens is 1. The number of ether oxygens (including phenoxy) is 1. The van der Waals surface area contributed by atoms with Gasteiger partial charge in [0.25, 0.3) is 0 Å². The molecule has 1 aliphatic carbocycles. The molecule has 1 unspecified atom stereocenters. The van der Waals surface area contributed by atoms with E-state index in [1.807, 2.05) is 43.3 Å². The van der Waals surface area contributed by atoms with E-state index in [4.69, 9.17) is 4.74 Å². The Labute approximate surface area is 172 Å².